The first-order valence-electron chi connectivity index (χ1n) is 17.1. The van der Waals surface area contributed by atoms with Gasteiger partial charge in [0.05, 0.1) is 0 Å². The van der Waals surface area contributed by atoms with Gasteiger partial charge in [-0.25, -0.2) is 15.0 Å². The Morgan fingerprint density at radius 1 is 0.333 bits per heavy atom. The van der Waals surface area contributed by atoms with Gasteiger partial charge >= 0.3 is 0 Å². The van der Waals surface area contributed by atoms with Crippen molar-refractivity contribution in [2.24, 2.45) is 0 Å². The van der Waals surface area contributed by atoms with Crippen molar-refractivity contribution in [3.05, 3.63) is 176 Å². The highest BCUT2D eigenvalue weighted by molar-refractivity contribution is 6.18. The van der Waals surface area contributed by atoms with Crippen LogP contribution < -0.4 is 0 Å². The zero-order chi connectivity index (χ0) is 33.7. The first kappa shape index (κ1) is 29.0. The molecule has 2 aromatic heterocycles. The van der Waals surface area contributed by atoms with Crippen LogP contribution in [0.3, 0.4) is 0 Å². The second-order valence-electron chi connectivity index (χ2n) is 12.8. The van der Waals surface area contributed by atoms with E-state index in [0.29, 0.717) is 17.5 Å². The van der Waals surface area contributed by atoms with Crippen LogP contribution in [0, 0.1) is 0 Å². The normalized spacial score (nSPS) is 11.5. The van der Waals surface area contributed by atoms with Crippen molar-refractivity contribution in [1.29, 1.82) is 0 Å². The number of hydrogen-bond donors (Lipinski definition) is 0. The first-order chi connectivity index (χ1) is 25.2. The van der Waals surface area contributed by atoms with E-state index in [0.717, 1.165) is 65.9 Å². The second-order valence-corrected chi connectivity index (χ2v) is 12.8. The summed E-state index contributed by atoms with van der Waals surface area (Å²) in [6.07, 6.45) is 0. The van der Waals surface area contributed by atoms with Gasteiger partial charge in [-0.1, -0.05) is 146 Å². The quantitative estimate of drug-likeness (QED) is 0.186. The van der Waals surface area contributed by atoms with Crippen LogP contribution in [-0.4, -0.2) is 15.0 Å². The van der Waals surface area contributed by atoms with Crippen LogP contribution in [0.25, 0.3) is 99.9 Å². The monoisotopic (exact) mass is 651 g/mol. The van der Waals surface area contributed by atoms with Gasteiger partial charge in [-0.05, 0) is 68.6 Å². The van der Waals surface area contributed by atoms with Gasteiger partial charge in [-0.2, -0.15) is 0 Å². The summed E-state index contributed by atoms with van der Waals surface area (Å²) in [6.45, 7) is 0. The molecule has 8 aromatic carbocycles. The Hall–Kier alpha value is -6.91. The number of hydrogen-bond acceptors (Lipinski definition) is 4. The predicted molar refractivity (Wildman–Crippen MR) is 209 cm³/mol. The van der Waals surface area contributed by atoms with E-state index in [1.54, 1.807) is 0 Å². The molecule has 0 bridgehead atoms. The molecule has 0 amide bonds. The molecular weight excluding hydrogens is 623 g/mol. The summed E-state index contributed by atoms with van der Waals surface area (Å²) in [6, 6.07) is 61.0. The molecule has 4 heteroatoms. The van der Waals surface area contributed by atoms with Gasteiger partial charge in [-0.15, -0.1) is 0 Å². The van der Waals surface area contributed by atoms with Crippen molar-refractivity contribution in [2.75, 3.05) is 0 Å². The fourth-order valence-corrected chi connectivity index (χ4v) is 7.12. The van der Waals surface area contributed by atoms with Gasteiger partial charge in [0.15, 0.2) is 17.5 Å². The summed E-state index contributed by atoms with van der Waals surface area (Å²) in [7, 11) is 0. The maximum Gasteiger partial charge on any atom is 0.164 e. The fourth-order valence-electron chi connectivity index (χ4n) is 7.12. The number of furan rings is 1. The van der Waals surface area contributed by atoms with E-state index in [4.69, 9.17) is 19.4 Å². The molecule has 238 valence electrons. The second kappa shape index (κ2) is 11.9. The van der Waals surface area contributed by atoms with Crippen molar-refractivity contribution in [3.63, 3.8) is 0 Å². The van der Waals surface area contributed by atoms with Gasteiger partial charge in [0.1, 0.15) is 11.2 Å². The van der Waals surface area contributed by atoms with Crippen LogP contribution in [0.4, 0.5) is 0 Å². The summed E-state index contributed by atoms with van der Waals surface area (Å²) >= 11 is 0. The number of nitrogens with zero attached hydrogens (tertiary/aromatic N) is 3. The van der Waals surface area contributed by atoms with E-state index in [1.807, 2.05) is 36.4 Å². The molecule has 0 saturated heterocycles. The number of rotatable bonds is 5. The average Bonchev–Trinajstić information content (AvgIpc) is 3.58. The van der Waals surface area contributed by atoms with Gasteiger partial charge in [0.2, 0.25) is 0 Å². The van der Waals surface area contributed by atoms with Gasteiger partial charge in [0, 0.05) is 33.0 Å². The molecule has 0 aliphatic rings. The van der Waals surface area contributed by atoms with Crippen molar-refractivity contribution < 1.29 is 4.42 Å². The summed E-state index contributed by atoms with van der Waals surface area (Å²) in [5.41, 5.74) is 8.83. The molecule has 0 N–H and O–H groups in total. The zero-order valence-electron chi connectivity index (χ0n) is 27.5. The maximum absolute atomic E-state index is 6.83. The van der Waals surface area contributed by atoms with Gasteiger partial charge < -0.3 is 4.42 Å². The third kappa shape index (κ3) is 5.13. The largest absolute Gasteiger partial charge is 0.455 e. The van der Waals surface area contributed by atoms with Crippen LogP contribution in [0.5, 0.6) is 0 Å². The van der Waals surface area contributed by atoms with Gasteiger partial charge in [0.25, 0.3) is 0 Å². The molecule has 4 nitrogen and oxygen atoms in total. The molecule has 0 atom stereocenters. The molecule has 0 fully saturated rings. The maximum atomic E-state index is 6.83. The van der Waals surface area contributed by atoms with Crippen molar-refractivity contribution in [3.8, 4) is 56.4 Å². The lowest BCUT2D eigenvalue weighted by molar-refractivity contribution is 0.670. The summed E-state index contributed by atoms with van der Waals surface area (Å²) in [5.74, 6) is 1.84. The van der Waals surface area contributed by atoms with Crippen LogP contribution in [0.15, 0.2) is 180 Å². The van der Waals surface area contributed by atoms with E-state index >= 15 is 0 Å². The minimum atomic E-state index is 0.596. The van der Waals surface area contributed by atoms with Crippen molar-refractivity contribution in [2.45, 2.75) is 0 Å². The lowest BCUT2D eigenvalue weighted by atomic mass is 9.95. The highest BCUT2D eigenvalue weighted by Gasteiger charge is 2.21. The summed E-state index contributed by atoms with van der Waals surface area (Å²) < 4.78 is 6.83. The van der Waals surface area contributed by atoms with E-state index in [2.05, 4.69) is 140 Å². The Kier molecular flexibility index (Phi) is 6.78. The standard InChI is InChI=1S/C47H29N3O/c1-3-11-30(12-4-1)32-19-22-33(23-20-32)39-25-26-40(43-41-28-36-17-9-10-18-37(36)29-42(41)51-44(39)43)47-49-45(34-14-5-2-6-15-34)48-46(50-47)38-24-21-31-13-7-8-16-35(31)27-38/h1-29H. The third-order valence-electron chi connectivity index (χ3n) is 9.71. The van der Waals surface area contributed by atoms with Crippen LogP contribution >= 0.6 is 0 Å². The first-order valence-corrected chi connectivity index (χ1v) is 17.1. The van der Waals surface area contributed by atoms with Crippen LogP contribution in [0.1, 0.15) is 0 Å². The van der Waals surface area contributed by atoms with Crippen LogP contribution in [0.2, 0.25) is 0 Å². The SMILES string of the molecule is c1ccc(-c2ccc(-c3ccc(-c4nc(-c5ccccc5)nc(-c5ccc6ccccc6c5)n4)c4c3oc3cc5ccccc5cc34)cc2)cc1. The summed E-state index contributed by atoms with van der Waals surface area (Å²) in [4.78, 5) is 15.4. The van der Waals surface area contributed by atoms with Crippen molar-refractivity contribution >= 4 is 43.5 Å². The molecule has 0 radical (unpaired) electrons. The minimum absolute atomic E-state index is 0.596. The predicted octanol–water partition coefficient (Wildman–Crippen LogP) is 12.4. The number of benzene rings is 8. The zero-order valence-corrected chi connectivity index (χ0v) is 27.5. The Balaban J connectivity index is 1.22. The number of aromatic nitrogens is 3. The molecule has 10 aromatic rings. The van der Waals surface area contributed by atoms with E-state index < -0.39 is 0 Å². The fraction of sp³-hybridized carbons (Fsp3) is 0. The molecule has 10 rings (SSSR count). The highest BCUT2D eigenvalue weighted by Crippen LogP contribution is 2.43. The molecule has 0 spiro atoms. The van der Waals surface area contributed by atoms with Gasteiger partial charge in [-0.3, -0.25) is 0 Å². The average molecular weight is 652 g/mol. The topological polar surface area (TPSA) is 51.8 Å². The van der Waals surface area contributed by atoms with Crippen molar-refractivity contribution in [1.82, 2.24) is 15.0 Å². The molecule has 0 aliphatic heterocycles. The molecule has 0 aliphatic carbocycles. The molecule has 51 heavy (non-hydrogen) atoms. The van der Waals surface area contributed by atoms with E-state index in [-0.39, 0.29) is 0 Å². The smallest absolute Gasteiger partial charge is 0.164 e. The molecule has 0 saturated carbocycles. The molecule has 0 unspecified atom stereocenters. The Morgan fingerprint density at radius 3 is 1.57 bits per heavy atom. The van der Waals surface area contributed by atoms with Crippen LogP contribution in [-0.2, 0) is 0 Å². The Bertz CT molecular complexity index is 2900. The molecule has 2 heterocycles. The Morgan fingerprint density at radius 2 is 0.843 bits per heavy atom. The number of fused-ring (bicyclic) bond motifs is 5. The Labute approximate surface area is 294 Å². The highest BCUT2D eigenvalue weighted by atomic mass is 16.3. The van der Waals surface area contributed by atoms with E-state index in [9.17, 15) is 0 Å². The van der Waals surface area contributed by atoms with E-state index in [1.165, 1.54) is 16.5 Å². The lowest BCUT2D eigenvalue weighted by Gasteiger charge is -2.11. The summed E-state index contributed by atoms with van der Waals surface area (Å²) in [5, 5.41) is 6.59. The lowest BCUT2D eigenvalue weighted by Crippen LogP contribution is -2.00. The minimum Gasteiger partial charge on any atom is -0.455 e. The third-order valence-corrected chi connectivity index (χ3v) is 9.71. The molecular formula is C47H29N3O.